The molecule has 0 saturated heterocycles. The molecule has 172 valence electrons. The predicted molar refractivity (Wildman–Crippen MR) is 147 cm³/mol. The first-order valence-electron chi connectivity index (χ1n) is 11.7. The number of rotatable bonds is 7. The second-order valence-electron chi connectivity index (χ2n) is 8.45. The lowest BCUT2D eigenvalue weighted by Crippen LogP contribution is -2.01. The van der Waals surface area contributed by atoms with E-state index in [9.17, 15) is 4.79 Å². The summed E-state index contributed by atoms with van der Waals surface area (Å²) in [6.45, 7) is 7.60. The fraction of sp³-hybridized carbons (Fsp3) is 0. The molecule has 2 aromatic heterocycles. The molecule has 0 aliphatic carbocycles. The van der Waals surface area contributed by atoms with E-state index >= 15 is 0 Å². The van der Waals surface area contributed by atoms with Gasteiger partial charge in [-0.05, 0) is 76.9 Å². The first-order chi connectivity index (χ1) is 17.6. The lowest BCUT2D eigenvalue weighted by molar-refractivity contribution is 0.103. The van der Waals surface area contributed by atoms with Crippen LogP contribution in [0.4, 0.5) is 0 Å². The summed E-state index contributed by atoms with van der Waals surface area (Å²) in [5.74, 6) is -0.144. The van der Waals surface area contributed by atoms with Crippen LogP contribution in [0.3, 0.4) is 0 Å². The second kappa shape index (κ2) is 10.2. The SMILES string of the molecule is C=CC(=C)C(=O)c1cc(-c2cccc(-c3ccccn3)c2)cc(-c2cccc(-c3ccccn3)c2)c1. The van der Waals surface area contributed by atoms with Crippen LogP contribution in [0.25, 0.3) is 44.8 Å². The van der Waals surface area contributed by atoms with E-state index in [1.165, 1.54) is 6.08 Å². The Balaban J connectivity index is 1.64. The fourth-order valence-electron chi connectivity index (χ4n) is 4.15. The first-order valence-corrected chi connectivity index (χ1v) is 11.7. The summed E-state index contributed by atoms with van der Waals surface area (Å²) < 4.78 is 0. The minimum absolute atomic E-state index is 0.144. The Morgan fingerprint density at radius 2 is 1.06 bits per heavy atom. The lowest BCUT2D eigenvalue weighted by atomic mass is 9.91. The van der Waals surface area contributed by atoms with Crippen LogP contribution in [-0.2, 0) is 0 Å². The molecule has 0 aliphatic heterocycles. The van der Waals surface area contributed by atoms with E-state index in [-0.39, 0.29) is 5.78 Å². The molecular formula is C33H24N2O. The van der Waals surface area contributed by atoms with Crippen LogP contribution in [0.2, 0.25) is 0 Å². The quantitative estimate of drug-likeness (QED) is 0.139. The summed E-state index contributed by atoms with van der Waals surface area (Å²) in [4.78, 5) is 22.1. The Kier molecular flexibility index (Phi) is 6.46. The molecule has 0 atom stereocenters. The number of Topliss-reactive ketones (excluding diaryl/α,β-unsaturated/α-hetero) is 1. The predicted octanol–water partition coefficient (Wildman–Crippen LogP) is 8.07. The molecule has 0 N–H and O–H groups in total. The molecule has 3 heteroatoms. The van der Waals surface area contributed by atoms with Crippen LogP contribution in [0, 0.1) is 0 Å². The zero-order valence-electron chi connectivity index (χ0n) is 19.8. The van der Waals surface area contributed by atoms with Gasteiger partial charge >= 0.3 is 0 Å². The van der Waals surface area contributed by atoms with E-state index in [0.29, 0.717) is 11.1 Å². The standard InChI is InChI=1S/C33H24N2O/c1-3-23(2)33(36)30-21-28(24-10-8-12-26(18-24)31-14-4-6-16-34-31)20-29(22-30)25-11-9-13-27(19-25)32-15-5-7-17-35-32/h3-22H,1-2H2. The number of carbonyl (C=O) groups excluding carboxylic acids is 1. The van der Waals surface area contributed by atoms with Gasteiger partial charge in [-0.2, -0.15) is 0 Å². The van der Waals surface area contributed by atoms with Crippen LogP contribution < -0.4 is 0 Å². The Morgan fingerprint density at radius 1 is 0.583 bits per heavy atom. The minimum atomic E-state index is -0.144. The van der Waals surface area contributed by atoms with Crippen molar-refractivity contribution >= 4 is 5.78 Å². The zero-order valence-corrected chi connectivity index (χ0v) is 19.8. The topological polar surface area (TPSA) is 42.9 Å². The number of hydrogen-bond acceptors (Lipinski definition) is 3. The molecule has 0 fully saturated rings. The molecule has 0 radical (unpaired) electrons. The molecule has 0 aliphatic rings. The summed E-state index contributed by atoms with van der Waals surface area (Å²) in [5.41, 5.74) is 8.63. The third-order valence-electron chi connectivity index (χ3n) is 6.05. The number of allylic oxidation sites excluding steroid dienone is 2. The lowest BCUT2D eigenvalue weighted by Gasteiger charge is -2.12. The van der Waals surface area contributed by atoms with Gasteiger partial charge in [0.1, 0.15) is 0 Å². The first kappa shape index (κ1) is 22.9. The van der Waals surface area contributed by atoms with Gasteiger partial charge in [0.05, 0.1) is 11.4 Å². The maximum Gasteiger partial charge on any atom is 0.192 e. The third-order valence-corrected chi connectivity index (χ3v) is 6.05. The number of hydrogen-bond donors (Lipinski definition) is 0. The summed E-state index contributed by atoms with van der Waals surface area (Å²) >= 11 is 0. The van der Waals surface area contributed by atoms with E-state index < -0.39 is 0 Å². The van der Waals surface area contributed by atoms with Gasteiger partial charge in [0, 0.05) is 34.7 Å². The summed E-state index contributed by atoms with van der Waals surface area (Å²) in [6, 6.07) is 34.1. The van der Waals surface area contributed by atoms with Gasteiger partial charge < -0.3 is 0 Å². The molecule has 0 spiro atoms. The monoisotopic (exact) mass is 464 g/mol. The largest absolute Gasteiger partial charge is 0.289 e. The van der Waals surface area contributed by atoms with Crippen molar-refractivity contribution in [1.82, 2.24) is 9.97 Å². The Hall–Kier alpha value is -4.89. The summed E-state index contributed by atoms with van der Waals surface area (Å²) in [5, 5.41) is 0. The molecular weight excluding hydrogens is 440 g/mol. The second-order valence-corrected chi connectivity index (χ2v) is 8.45. The van der Waals surface area contributed by atoms with Crippen LogP contribution in [0.15, 0.2) is 140 Å². The van der Waals surface area contributed by atoms with Gasteiger partial charge in [-0.3, -0.25) is 14.8 Å². The third kappa shape index (κ3) is 4.82. The van der Waals surface area contributed by atoms with Crippen molar-refractivity contribution < 1.29 is 4.79 Å². The molecule has 0 unspecified atom stereocenters. The highest BCUT2D eigenvalue weighted by Crippen LogP contribution is 2.33. The van der Waals surface area contributed by atoms with Gasteiger partial charge in [0.2, 0.25) is 0 Å². The van der Waals surface area contributed by atoms with E-state index in [1.807, 2.05) is 84.9 Å². The smallest absolute Gasteiger partial charge is 0.192 e. The average molecular weight is 465 g/mol. The van der Waals surface area contributed by atoms with Gasteiger partial charge in [-0.15, -0.1) is 0 Å². The molecule has 0 saturated carbocycles. The van der Waals surface area contributed by atoms with Crippen LogP contribution in [-0.4, -0.2) is 15.8 Å². The van der Waals surface area contributed by atoms with Gasteiger partial charge in [-0.1, -0.05) is 67.8 Å². The zero-order chi connectivity index (χ0) is 24.9. The van der Waals surface area contributed by atoms with Crippen molar-refractivity contribution in [3.05, 3.63) is 146 Å². The molecule has 36 heavy (non-hydrogen) atoms. The molecule has 5 aromatic rings. The Morgan fingerprint density at radius 3 is 1.50 bits per heavy atom. The van der Waals surface area contributed by atoms with E-state index in [4.69, 9.17) is 0 Å². The highest BCUT2D eigenvalue weighted by Gasteiger charge is 2.14. The molecule has 2 heterocycles. The van der Waals surface area contributed by atoms with Crippen molar-refractivity contribution in [2.45, 2.75) is 0 Å². The number of aromatic nitrogens is 2. The Bertz CT molecular complexity index is 1470. The van der Waals surface area contributed by atoms with Crippen LogP contribution in [0.5, 0.6) is 0 Å². The van der Waals surface area contributed by atoms with Crippen molar-refractivity contribution in [2.24, 2.45) is 0 Å². The fourth-order valence-corrected chi connectivity index (χ4v) is 4.15. The van der Waals surface area contributed by atoms with E-state index in [0.717, 1.165) is 44.8 Å². The van der Waals surface area contributed by atoms with Crippen molar-refractivity contribution in [3.8, 4) is 44.8 Å². The number of pyridine rings is 2. The molecule has 0 amide bonds. The maximum absolute atomic E-state index is 13.1. The summed E-state index contributed by atoms with van der Waals surface area (Å²) in [7, 11) is 0. The highest BCUT2D eigenvalue weighted by atomic mass is 16.1. The minimum Gasteiger partial charge on any atom is -0.289 e. The van der Waals surface area contributed by atoms with Crippen molar-refractivity contribution in [1.29, 1.82) is 0 Å². The van der Waals surface area contributed by atoms with E-state index in [1.54, 1.807) is 12.4 Å². The number of nitrogens with zero attached hydrogens (tertiary/aromatic N) is 2. The molecule has 0 bridgehead atoms. The maximum atomic E-state index is 13.1. The van der Waals surface area contributed by atoms with Crippen molar-refractivity contribution in [3.63, 3.8) is 0 Å². The van der Waals surface area contributed by atoms with Crippen molar-refractivity contribution in [2.75, 3.05) is 0 Å². The molecule has 5 rings (SSSR count). The highest BCUT2D eigenvalue weighted by molar-refractivity contribution is 6.11. The summed E-state index contributed by atoms with van der Waals surface area (Å²) in [6.07, 6.45) is 5.07. The van der Waals surface area contributed by atoms with E-state index in [2.05, 4.69) is 41.3 Å². The normalized spacial score (nSPS) is 10.6. The number of benzene rings is 3. The Labute approximate surface area is 211 Å². The van der Waals surface area contributed by atoms with Gasteiger partial charge in [0.25, 0.3) is 0 Å². The van der Waals surface area contributed by atoms with Crippen LogP contribution in [0.1, 0.15) is 10.4 Å². The average Bonchev–Trinajstić information content (AvgIpc) is 2.97. The number of carbonyl (C=O) groups is 1. The molecule has 3 aromatic carbocycles. The molecule has 3 nitrogen and oxygen atoms in total. The number of ketones is 1. The van der Waals surface area contributed by atoms with Crippen LogP contribution >= 0.6 is 0 Å². The van der Waals surface area contributed by atoms with Gasteiger partial charge in [0.15, 0.2) is 5.78 Å². The van der Waals surface area contributed by atoms with Gasteiger partial charge in [-0.25, -0.2) is 0 Å².